The largest absolute Gasteiger partial charge is 0.478 e. The lowest BCUT2D eigenvalue weighted by Crippen LogP contribution is -2.41. The number of hydrogen-bond acceptors (Lipinski definition) is 3. The van der Waals surface area contributed by atoms with Crippen LogP contribution in [0.3, 0.4) is 0 Å². The van der Waals surface area contributed by atoms with E-state index in [1.165, 1.54) is 0 Å². The van der Waals surface area contributed by atoms with E-state index >= 15 is 0 Å². The van der Waals surface area contributed by atoms with Gasteiger partial charge in [0.05, 0.1) is 22.9 Å². The predicted molar refractivity (Wildman–Crippen MR) is 95.4 cm³/mol. The minimum Gasteiger partial charge on any atom is -0.478 e. The van der Waals surface area contributed by atoms with Gasteiger partial charge in [-0.1, -0.05) is 26.8 Å². The summed E-state index contributed by atoms with van der Waals surface area (Å²) in [7, 11) is -1.86. The van der Waals surface area contributed by atoms with E-state index in [-0.39, 0.29) is 16.7 Å². The van der Waals surface area contributed by atoms with Crippen LogP contribution in [-0.4, -0.2) is 24.4 Å². The van der Waals surface area contributed by atoms with E-state index in [1.807, 2.05) is 19.1 Å². The van der Waals surface area contributed by atoms with E-state index in [2.05, 4.69) is 38.8 Å². The minimum atomic E-state index is -1.86. The first-order valence-electron chi connectivity index (χ1n) is 7.83. The zero-order valence-corrected chi connectivity index (χ0v) is 15.7. The molecule has 0 radical (unpaired) electrons. The lowest BCUT2D eigenvalue weighted by Gasteiger charge is -2.38. The van der Waals surface area contributed by atoms with Crippen molar-refractivity contribution < 1.29 is 14.3 Å². The summed E-state index contributed by atoms with van der Waals surface area (Å²) in [6.07, 6.45) is -0.0839. The van der Waals surface area contributed by atoms with Crippen LogP contribution in [-0.2, 0) is 4.43 Å². The fourth-order valence-corrected chi connectivity index (χ4v) is 3.54. The summed E-state index contributed by atoms with van der Waals surface area (Å²) >= 11 is 0. The second kappa shape index (κ2) is 6.05. The predicted octanol–water partition coefficient (Wildman–Crippen LogP) is 5.02. The summed E-state index contributed by atoms with van der Waals surface area (Å²) in [6.45, 7) is 13.1. The SMILES string of the molecule is CC(O[Si](C)(C)C(C)(C)C)c1ccc2cc(C(=O)O)ccc2n1. The van der Waals surface area contributed by atoms with Gasteiger partial charge in [0, 0.05) is 5.39 Å². The van der Waals surface area contributed by atoms with Gasteiger partial charge in [-0.25, -0.2) is 4.79 Å². The number of benzene rings is 1. The normalized spacial score (nSPS) is 14.0. The van der Waals surface area contributed by atoms with Crippen molar-refractivity contribution in [3.63, 3.8) is 0 Å². The van der Waals surface area contributed by atoms with Gasteiger partial charge in [-0.2, -0.15) is 0 Å². The molecule has 0 aliphatic heterocycles. The molecule has 1 aromatic heterocycles. The van der Waals surface area contributed by atoms with Gasteiger partial charge in [0.1, 0.15) is 0 Å². The highest BCUT2D eigenvalue weighted by Crippen LogP contribution is 2.39. The Labute approximate surface area is 138 Å². The third-order valence-corrected chi connectivity index (χ3v) is 9.21. The van der Waals surface area contributed by atoms with E-state index in [0.717, 1.165) is 16.6 Å². The molecule has 0 saturated heterocycles. The van der Waals surface area contributed by atoms with Crippen LogP contribution in [0.15, 0.2) is 30.3 Å². The number of pyridine rings is 1. The molecule has 0 bridgehead atoms. The number of aromatic carboxylic acids is 1. The molecule has 1 N–H and O–H groups in total. The van der Waals surface area contributed by atoms with Gasteiger partial charge in [-0.05, 0) is 49.3 Å². The van der Waals surface area contributed by atoms with Crippen molar-refractivity contribution in [3.05, 3.63) is 41.6 Å². The molecule has 1 heterocycles. The highest BCUT2D eigenvalue weighted by Gasteiger charge is 2.38. The van der Waals surface area contributed by atoms with E-state index < -0.39 is 14.3 Å². The highest BCUT2D eigenvalue weighted by molar-refractivity contribution is 6.74. The van der Waals surface area contributed by atoms with Gasteiger partial charge >= 0.3 is 5.97 Å². The molecule has 1 aromatic carbocycles. The molecule has 1 unspecified atom stereocenters. The molecule has 0 spiro atoms. The van der Waals surface area contributed by atoms with Crippen LogP contribution < -0.4 is 0 Å². The number of carbonyl (C=O) groups is 1. The van der Waals surface area contributed by atoms with Crippen LogP contribution in [0.5, 0.6) is 0 Å². The summed E-state index contributed by atoms with van der Waals surface area (Å²) in [5, 5.41) is 10.0. The maximum Gasteiger partial charge on any atom is 0.335 e. The Kier molecular flexibility index (Phi) is 4.64. The van der Waals surface area contributed by atoms with Crippen molar-refractivity contribution in [1.29, 1.82) is 0 Å². The first kappa shape index (κ1) is 17.6. The van der Waals surface area contributed by atoms with Crippen molar-refractivity contribution in [2.24, 2.45) is 0 Å². The van der Waals surface area contributed by atoms with Crippen LogP contribution in [0.25, 0.3) is 10.9 Å². The van der Waals surface area contributed by atoms with Crippen molar-refractivity contribution >= 4 is 25.2 Å². The number of rotatable bonds is 4. The van der Waals surface area contributed by atoms with Gasteiger partial charge in [-0.15, -0.1) is 0 Å². The molecule has 0 fully saturated rings. The van der Waals surface area contributed by atoms with Crippen LogP contribution in [0, 0.1) is 0 Å². The Morgan fingerprint density at radius 1 is 1.22 bits per heavy atom. The molecule has 2 aromatic rings. The van der Waals surface area contributed by atoms with Crippen molar-refractivity contribution in [2.75, 3.05) is 0 Å². The summed E-state index contributed by atoms with van der Waals surface area (Å²) in [5.41, 5.74) is 1.95. The number of hydrogen-bond donors (Lipinski definition) is 1. The van der Waals surface area contributed by atoms with Crippen molar-refractivity contribution in [1.82, 2.24) is 4.98 Å². The summed E-state index contributed by atoms with van der Waals surface area (Å²) in [6, 6.07) is 8.82. The average molecular weight is 331 g/mol. The standard InChI is InChI=1S/C18H25NO3Si/c1-12(22-23(5,6)18(2,3)4)15-9-7-13-11-14(17(20)21)8-10-16(13)19-15/h7-12H,1-6H3,(H,20,21). The van der Waals surface area contributed by atoms with Gasteiger partial charge in [0.15, 0.2) is 8.32 Å². The molecule has 2 rings (SSSR count). The van der Waals surface area contributed by atoms with Crippen molar-refractivity contribution in [3.8, 4) is 0 Å². The number of fused-ring (bicyclic) bond motifs is 1. The van der Waals surface area contributed by atoms with Crippen LogP contribution in [0.4, 0.5) is 0 Å². The topological polar surface area (TPSA) is 59.4 Å². The Balaban J connectivity index is 2.30. The van der Waals surface area contributed by atoms with Gasteiger partial charge in [0.2, 0.25) is 0 Å². The number of carboxylic acid groups (broad SMARTS) is 1. The minimum absolute atomic E-state index is 0.0839. The lowest BCUT2D eigenvalue weighted by molar-refractivity contribution is 0.0697. The number of carboxylic acids is 1. The second-order valence-corrected chi connectivity index (χ2v) is 12.2. The fourth-order valence-electron chi connectivity index (χ4n) is 2.18. The molecule has 124 valence electrons. The van der Waals surface area contributed by atoms with E-state index in [9.17, 15) is 4.79 Å². The van der Waals surface area contributed by atoms with E-state index in [1.54, 1.807) is 18.2 Å². The number of nitrogens with zero attached hydrogens (tertiary/aromatic N) is 1. The maximum atomic E-state index is 11.0. The molecule has 0 aliphatic carbocycles. The van der Waals surface area contributed by atoms with Gasteiger partial charge < -0.3 is 9.53 Å². The highest BCUT2D eigenvalue weighted by atomic mass is 28.4. The Bertz CT molecular complexity index is 735. The fraction of sp³-hybridized carbons (Fsp3) is 0.444. The monoisotopic (exact) mass is 331 g/mol. The first-order chi connectivity index (χ1) is 10.5. The van der Waals surface area contributed by atoms with Crippen LogP contribution in [0.2, 0.25) is 18.1 Å². The van der Waals surface area contributed by atoms with Gasteiger partial charge in [0.25, 0.3) is 0 Å². The Hall–Kier alpha value is -1.72. The maximum absolute atomic E-state index is 11.0. The molecule has 5 heteroatoms. The third-order valence-electron chi connectivity index (χ3n) is 4.65. The molecule has 4 nitrogen and oxygen atoms in total. The summed E-state index contributed by atoms with van der Waals surface area (Å²) < 4.78 is 6.38. The smallest absolute Gasteiger partial charge is 0.335 e. The molecule has 0 saturated carbocycles. The zero-order chi connectivity index (χ0) is 17.4. The van der Waals surface area contributed by atoms with E-state index in [0.29, 0.717) is 0 Å². The molecular formula is C18H25NO3Si. The van der Waals surface area contributed by atoms with Crippen LogP contribution in [0.1, 0.15) is 49.9 Å². The molecule has 0 aliphatic rings. The second-order valence-electron chi connectivity index (χ2n) is 7.47. The average Bonchev–Trinajstić information content (AvgIpc) is 2.44. The third kappa shape index (κ3) is 3.79. The van der Waals surface area contributed by atoms with E-state index in [4.69, 9.17) is 9.53 Å². The molecular weight excluding hydrogens is 306 g/mol. The molecule has 1 atom stereocenters. The quantitative estimate of drug-likeness (QED) is 0.800. The first-order valence-corrected chi connectivity index (χ1v) is 10.7. The lowest BCUT2D eigenvalue weighted by atomic mass is 10.1. The zero-order valence-electron chi connectivity index (χ0n) is 14.7. The van der Waals surface area contributed by atoms with Crippen LogP contribution >= 0.6 is 0 Å². The summed E-state index contributed by atoms with van der Waals surface area (Å²) in [5.74, 6) is -0.925. The number of aromatic nitrogens is 1. The molecule has 0 amide bonds. The Morgan fingerprint density at radius 2 is 1.87 bits per heavy atom. The molecule has 23 heavy (non-hydrogen) atoms. The van der Waals surface area contributed by atoms with Gasteiger partial charge in [-0.3, -0.25) is 4.98 Å². The summed E-state index contributed by atoms with van der Waals surface area (Å²) in [4.78, 5) is 15.7. The Morgan fingerprint density at radius 3 is 2.43 bits per heavy atom. The van der Waals surface area contributed by atoms with Crippen molar-refractivity contribution in [2.45, 2.75) is 51.9 Å².